The number of hydrogen-bond acceptors (Lipinski definition) is 4. The van der Waals surface area contributed by atoms with Crippen LogP contribution < -0.4 is 4.74 Å². The number of ether oxygens (including phenoxy) is 1. The highest BCUT2D eigenvalue weighted by molar-refractivity contribution is 5.97. The van der Waals surface area contributed by atoms with Gasteiger partial charge in [0.2, 0.25) is 11.8 Å². The second kappa shape index (κ2) is 5.52. The number of carbonyl (C=O) groups excluding carboxylic acids is 2. The molecule has 2 aliphatic rings. The van der Waals surface area contributed by atoms with Crippen molar-refractivity contribution in [2.24, 2.45) is 5.41 Å². The van der Waals surface area contributed by atoms with Gasteiger partial charge in [-0.25, -0.2) is 0 Å². The van der Waals surface area contributed by atoms with Gasteiger partial charge in [0.25, 0.3) is 0 Å². The van der Waals surface area contributed by atoms with Gasteiger partial charge in [0.05, 0.1) is 24.6 Å². The van der Waals surface area contributed by atoms with Gasteiger partial charge in [0.15, 0.2) is 0 Å². The van der Waals surface area contributed by atoms with Crippen molar-refractivity contribution in [1.82, 2.24) is 9.80 Å². The van der Waals surface area contributed by atoms with E-state index in [9.17, 15) is 14.9 Å². The Morgan fingerprint density at radius 1 is 1.25 bits per heavy atom. The van der Waals surface area contributed by atoms with Crippen molar-refractivity contribution >= 4 is 11.8 Å². The summed E-state index contributed by atoms with van der Waals surface area (Å²) in [6, 6.07) is 8.17. The van der Waals surface area contributed by atoms with Gasteiger partial charge in [0.1, 0.15) is 17.8 Å². The first-order chi connectivity index (χ1) is 11.3. The van der Waals surface area contributed by atoms with Crippen molar-refractivity contribution < 1.29 is 14.3 Å². The summed E-state index contributed by atoms with van der Waals surface area (Å²) in [7, 11) is 3.23. The summed E-state index contributed by atoms with van der Waals surface area (Å²) < 4.78 is 5.18. The molecular formula is C18H21N3O3. The van der Waals surface area contributed by atoms with Crippen molar-refractivity contribution in [3.8, 4) is 11.8 Å². The molecule has 0 aliphatic carbocycles. The van der Waals surface area contributed by atoms with Gasteiger partial charge in [-0.3, -0.25) is 9.59 Å². The minimum absolute atomic E-state index is 0.0976. The van der Waals surface area contributed by atoms with Crippen LogP contribution in [0.3, 0.4) is 0 Å². The van der Waals surface area contributed by atoms with Crippen LogP contribution in [0.1, 0.15) is 31.9 Å². The highest BCUT2D eigenvalue weighted by Crippen LogP contribution is 2.51. The van der Waals surface area contributed by atoms with Crippen molar-refractivity contribution in [2.75, 3.05) is 14.2 Å². The number of hydrogen-bond donors (Lipinski definition) is 0. The summed E-state index contributed by atoms with van der Waals surface area (Å²) >= 11 is 0. The Bertz CT molecular complexity index is 724. The Kier molecular flexibility index (Phi) is 3.75. The highest BCUT2D eigenvalue weighted by atomic mass is 16.5. The lowest BCUT2D eigenvalue weighted by atomic mass is 9.79. The molecular weight excluding hydrogens is 306 g/mol. The van der Waals surface area contributed by atoms with Gasteiger partial charge in [-0.05, 0) is 38.0 Å². The SMILES string of the molecule is COc1ccc(C2N3C(=O)[C@@H](C)N(C)C(=O)C3C[C@]2(C)C#N)cc1. The average molecular weight is 327 g/mol. The van der Waals surface area contributed by atoms with E-state index in [1.807, 2.05) is 31.2 Å². The molecule has 0 spiro atoms. The van der Waals surface area contributed by atoms with E-state index in [2.05, 4.69) is 6.07 Å². The molecule has 0 aromatic heterocycles. The molecule has 24 heavy (non-hydrogen) atoms. The maximum atomic E-state index is 12.9. The number of fused-ring (bicyclic) bond motifs is 1. The van der Waals surface area contributed by atoms with Gasteiger partial charge in [-0.1, -0.05) is 12.1 Å². The molecule has 2 heterocycles. The Morgan fingerprint density at radius 2 is 1.88 bits per heavy atom. The van der Waals surface area contributed by atoms with Gasteiger partial charge in [0, 0.05) is 7.05 Å². The zero-order chi connectivity index (χ0) is 17.6. The van der Waals surface area contributed by atoms with Crippen LogP contribution in [0.25, 0.3) is 0 Å². The molecule has 1 aromatic rings. The van der Waals surface area contributed by atoms with E-state index in [0.717, 1.165) is 5.56 Å². The number of carbonyl (C=O) groups is 2. The third kappa shape index (κ3) is 2.15. The molecule has 2 aliphatic heterocycles. The third-order valence-corrected chi connectivity index (χ3v) is 5.35. The summed E-state index contributed by atoms with van der Waals surface area (Å²) in [5, 5.41) is 9.77. The van der Waals surface area contributed by atoms with Crippen LogP contribution in [-0.2, 0) is 9.59 Å². The summed E-state index contributed by atoms with van der Waals surface area (Å²) in [6.07, 6.45) is 0.349. The summed E-state index contributed by atoms with van der Waals surface area (Å²) in [4.78, 5) is 28.6. The summed E-state index contributed by atoms with van der Waals surface area (Å²) in [5.41, 5.74) is 0.0374. The van der Waals surface area contributed by atoms with Crippen molar-refractivity contribution in [1.29, 1.82) is 5.26 Å². The number of rotatable bonds is 2. The molecule has 0 saturated carbocycles. The van der Waals surface area contributed by atoms with E-state index in [-0.39, 0.29) is 11.8 Å². The fourth-order valence-electron chi connectivity index (χ4n) is 3.81. The van der Waals surface area contributed by atoms with Crippen LogP contribution in [-0.4, -0.2) is 47.9 Å². The molecule has 3 rings (SSSR count). The first-order valence-corrected chi connectivity index (χ1v) is 7.98. The standard InChI is InChI=1S/C18H21N3O3/c1-11-16(22)21-14(17(23)20(11)3)9-18(2,10-19)15(21)12-5-7-13(24-4)8-6-12/h5-8,11,14-15H,9H2,1-4H3/t11-,14?,15?,18-/m1/s1. The maximum Gasteiger partial charge on any atom is 0.246 e. The fraction of sp³-hybridized carbons (Fsp3) is 0.500. The molecule has 0 radical (unpaired) electrons. The number of likely N-dealkylation sites (N-methyl/N-ethyl adjacent to an activating group) is 1. The molecule has 1 aromatic carbocycles. The van der Waals surface area contributed by atoms with E-state index in [1.54, 1.807) is 26.0 Å². The molecule has 0 bridgehead atoms. The predicted molar refractivity (Wildman–Crippen MR) is 86.9 cm³/mol. The average Bonchev–Trinajstić information content (AvgIpc) is 2.92. The van der Waals surface area contributed by atoms with Gasteiger partial charge in [-0.2, -0.15) is 5.26 Å². The molecule has 2 amide bonds. The van der Waals surface area contributed by atoms with E-state index >= 15 is 0 Å². The summed E-state index contributed by atoms with van der Waals surface area (Å²) in [6.45, 7) is 3.55. The van der Waals surface area contributed by atoms with Crippen LogP contribution in [0.4, 0.5) is 0 Å². The van der Waals surface area contributed by atoms with Crippen molar-refractivity contribution in [2.45, 2.75) is 38.4 Å². The Morgan fingerprint density at radius 3 is 2.42 bits per heavy atom. The van der Waals surface area contributed by atoms with Crippen molar-refractivity contribution in [3.63, 3.8) is 0 Å². The van der Waals surface area contributed by atoms with Crippen LogP contribution in [0, 0.1) is 16.7 Å². The number of nitriles is 1. The van der Waals surface area contributed by atoms with E-state index in [1.165, 1.54) is 4.90 Å². The number of piperazine rings is 1. The van der Waals surface area contributed by atoms with Gasteiger partial charge in [-0.15, -0.1) is 0 Å². The first-order valence-electron chi connectivity index (χ1n) is 7.98. The largest absolute Gasteiger partial charge is 0.497 e. The highest BCUT2D eigenvalue weighted by Gasteiger charge is 2.58. The quantitative estimate of drug-likeness (QED) is 0.829. The Hall–Kier alpha value is -2.55. The number of methoxy groups -OCH3 is 1. The zero-order valence-electron chi connectivity index (χ0n) is 14.3. The van der Waals surface area contributed by atoms with Crippen LogP contribution in [0.5, 0.6) is 5.75 Å². The third-order valence-electron chi connectivity index (χ3n) is 5.35. The second-order valence-corrected chi connectivity index (χ2v) is 6.80. The maximum absolute atomic E-state index is 12.9. The molecule has 6 heteroatoms. The van der Waals surface area contributed by atoms with E-state index in [4.69, 9.17) is 4.74 Å². The monoisotopic (exact) mass is 327 g/mol. The second-order valence-electron chi connectivity index (χ2n) is 6.80. The lowest BCUT2D eigenvalue weighted by Crippen LogP contribution is -2.60. The lowest BCUT2D eigenvalue weighted by Gasteiger charge is -2.42. The fourth-order valence-corrected chi connectivity index (χ4v) is 3.81. The van der Waals surface area contributed by atoms with E-state index in [0.29, 0.717) is 12.2 Å². The minimum atomic E-state index is -0.810. The van der Waals surface area contributed by atoms with Gasteiger partial charge >= 0.3 is 0 Å². The minimum Gasteiger partial charge on any atom is -0.497 e. The number of amides is 2. The van der Waals surface area contributed by atoms with Gasteiger partial charge < -0.3 is 14.5 Å². The summed E-state index contributed by atoms with van der Waals surface area (Å²) in [5.74, 6) is 0.502. The molecule has 4 atom stereocenters. The Balaban J connectivity index is 2.09. The molecule has 2 fully saturated rings. The Labute approximate surface area is 141 Å². The van der Waals surface area contributed by atoms with Crippen LogP contribution >= 0.6 is 0 Å². The zero-order valence-corrected chi connectivity index (χ0v) is 14.3. The first kappa shape index (κ1) is 16.3. The molecule has 6 nitrogen and oxygen atoms in total. The van der Waals surface area contributed by atoms with Crippen molar-refractivity contribution in [3.05, 3.63) is 29.8 Å². The smallest absolute Gasteiger partial charge is 0.246 e. The normalized spacial score (nSPS) is 32.5. The molecule has 2 unspecified atom stereocenters. The van der Waals surface area contributed by atoms with Crippen LogP contribution in [0.15, 0.2) is 24.3 Å². The van der Waals surface area contributed by atoms with Crippen LogP contribution in [0.2, 0.25) is 0 Å². The molecule has 2 saturated heterocycles. The lowest BCUT2D eigenvalue weighted by molar-refractivity contribution is -0.159. The topological polar surface area (TPSA) is 73.6 Å². The molecule has 0 N–H and O–H groups in total. The number of nitrogens with zero attached hydrogens (tertiary/aromatic N) is 3. The van der Waals surface area contributed by atoms with E-state index < -0.39 is 23.5 Å². The predicted octanol–water partition coefficient (Wildman–Crippen LogP) is 1.73. The molecule has 126 valence electrons. The number of benzene rings is 1.